The maximum absolute atomic E-state index is 4.19. The molecule has 104 valence electrons. The molecule has 0 aliphatic carbocycles. The predicted molar refractivity (Wildman–Crippen MR) is 81.6 cm³/mol. The van der Waals surface area contributed by atoms with Crippen LogP contribution in [0.3, 0.4) is 0 Å². The molecule has 0 spiro atoms. The molecular weight excluding hydrogens is 248 g/mol. The lowest BCUT2D eigenvalue weighted by molar-refractivity contribution is 0.587. The highest BCUT2D eigenvalue weighted by Crippen LogP contribution is 2.15. The normalized spacial score (nSPS) is 11.2. The molecule has 0 bridgehead atoms. The van der Waals surface area contributed by atoms with Gasteiger partial charge in [0.2, 0.25) is 0 Å². The number of aromatic nitrogens is 3. The number of aryl methyl sites for hydroxylation is 2. The molecule has 2 aromatic heterocycles. The second kappa shape index (κ2) is 5.92. The molecule has 0 aliphatic rings. The molecule has 0 aliphatic heterocycles. The zero-order chi connectivity index (χ0) is 13.8. The summed E-state index contributed by atoms with van der Waals surface area (Å²) < 4.78 is 2.32. The molecule has 2 N–H and O–H groups in total. The maximum Gasteiger partial charge on any atom is 0.103 e. The van der Waals surface area contributed by atoms with Crippen molar-refractivity contribution >= 4 is 10.9 Å². The zero-order valence-corrected chi connectivity index (χ0v) is 11.8. The minimum absolute atomic E-state index is 0.854. The monoisotopic (exact) mass is 268 g/mol. The van der Waals surface area contributed by atoms with Gasteiger partial charge < -0.3 is 14.9 Å². The summed E-state index contributed by atoms with van der Waals surface area (Å²) in [6.07, 6.45) is 5.18. The Bertz CT molecular complexity index is 680. The van der Waals surface area contributed by atoms with Gasteiger partial charge in [0.25, 0.3) is 0 Å². The number of rotatable bonds is 6. The fraction of sp³-hybridized carbons (Fsp3) is 0.312. The molecule has 4 heteroatoms. The standard InChI is InChI=1S/C16H20N4/c1-13-18-12-15(19-13)11-17-8-4-9-20-10-7-14-5-2-3-6-16(14)20/h2-3,5-7,10,12,17H,4,8-9,11H2,1H3,(H,18,19). The minimum atomic E-state index is 0.854. The molecule has 4 nitrogen and oxygen atoms in total. The highest BCUT2D eigenvalue weighted by atomic mass is 15.0. The number of hydrogen-bond acceptors (Lipinski definition) is 2. The third-order valence-corrected chi connectivity index (χ3v) is 3.50. The number of hydrogen-bond donors (Lipinski definition) is 2. The molecule has 0 atom stereocenters. The summed E-state index contributed by atoms with van der Waals surface area (Å²) in [5.74, 6) is 0.973. The topological polar surface area (TPSA) is 45.6 Å². The first kappa shape index (κ1) is 12.9. The van der Waals surface area contributed by atoms with Gasteiger partial charge >= 0.3 is 0 Å². The highest BCUT2D eigenvalue weighted by Gasteiger charge is 2.00. The lowest BCUT2D eigenvalue weighted by Crippen LogP contribution is -2.16. The van der Waals surface area contributed by atoms with Crippen LogP contribution in [-0.4, -0.2) is 21.1 Å². The van der Waals surface area contributed by atoms with E-state index in [1.54, 1.807) is 0 Å². The molecule has 0 saturated carbocycles. The number of imidazole rings is 1. The average molecular weight is 268 g/mol. The van der Waals surface area contributed by atoms with Crippen LogP contribution < -0.4 is 5.32 Å². The Hall–Kier alpha value is -2.07. The maximum atomic E-state index is 4.19. The number of nitrogens with one attached hydrogen (secondary N) is 2. The minimum Gasteiger partial charge on any atom is -0.347 e. The summed E-state index contributed by atoms with van der Waals surface area (Å²) in [5.41, 5.74) is 2.46. The number of benzene rings is 1. The number of nitrogens with zero attached hydrogens (tertiary/aromatic N) is 2. The van der Waals surface area contributed by atoms with Crippen LogP contribution in [0.25, 0.3) is 10.9 Å². The van der Waals surface area contributed by atoms with Crippen LogP contribution in [0.5, 0.6) is 0 Å². The van der Waals surface area contributed by atoms with Gasteiger partial charge in [-0.15, -0.1) is 0 Å². The summed E-state index contributed by atoms with van der Waals surface area (Å²) in [6, 6.07) is 10.7. The average Bonchev–Trinajstić information content (AvgIpc) is 3.05. The molecule has 0 saturated heterocycles. The van der Waals surface area contributed by atoms with Gasteiger partial charge in [0.1, 0.15) is 5.82 Å². The second-order valence-electron chi connectivity index (χ2n) is 5.09. The fourth-order valence-electron chi connectivity index (χ4n) is 2.49. The number of fused-ring (bicyclic) bond motifs is 1. The summed E-state index contributed by atoms with van der Waals surface area (Å²) in [4.78, 5) is 7.42. The molecule has 0 fully saturated rings. The van der Waals surface area contributed by atoms with Crippen LogP contribution >= 0.6 is 0 Å². The van der Waals surface area contributed by atoms with Crippen molar-refractivity contribution in [3.8, 4) is 0 Å². The first-order valence-electron chi connectivity index (χ1n) is 7.08. The molecule has 0 radical (unpaired) electrons. The van der Waals surface area contributed by atoms with E-state index < -0.39 is 0 Å². The van der Waals surface area contributed by atoms with Crippen LogP contribution in [0, 0.1) is 6.92 Å². The summed E-state index contributed by atoms with van der Waals surface area (Å²) in [7, 11) is 0. The quantitative estimate of drug-likeness (QED) is 0.675. The van der Waals surface area contributed by atoms with Gasteiger partial charge in [-0.2, -0.15) is 0 Å². The van der Waals surface area contributed by atoms with Gasteiger partial charge in [0.15, 0.2) is 0 Å². The third-order valence-electron chi connectivity index (χ3n) is 3.50. The summed E-state index contributed by atoms with van der Waals surface area (Å²) in [6.45, 7) is 4.88. The first-order chi connectivity index (χ1) is 9.83. The van der Waals surface area contributed by atoms with Crippen LogP contribution in [0.1, 0.15) is 17.9 Å². The van der Waals surface area contributed by atoms with Gasteiger partial charge in [-0.3, -0.25) is 0 Å². The smallest absolute Gasteiger partial charge is 0.103 e. The van der Waals surface area contributed by atoms with Crippen molar-refractivity contribution in [2.45, 2.75) is 26.4 Å². The molecule has 0 amide bonds. The van der Waals surface area contributed by atoms with E-state index in [-0.39, 0.29) is 0 Å². The molecular formula is C16H20N4. The van der Waals surface area contributed by atoms with Gasteiger partial charge in [0.05, 0.1) is 0 Å². The van der Waals surface area contributed by atoms with E-state index in [1.165, 1.54) is 10.9 Å². The predicted octanol–water partition coefficient (Wildman–Crippen LogP) is 2.85. The molecule has 2 heterocycles. The lowest BCUT2D eigenvalue weighted by Gasteiger charge is -2.06. The van der Waals surface area contributed by atoms with Crippen molar-refractivity contribution in [2.24, 2.45) is 0 Å². The molecule has 1 aromatic carbocycles. The van der Waals surface area contributed by atoms with Crippen molar-refractivity contribution in [3.05, 3.63) is 54.2 Å². The zero-order valence-electron chi connectivity index (χ0n) is 11.8. The van der Waals surface area contributed by atoms with E-state index >= 15 is 0 Å². The van der Waals surface area contributed by atoms with E-state index in [9.17, 15) is 0 Å². The summed E-state index contributed by atoms with van der Waals surface area (Å²) in [5, 5.41) is 4.75. The van der Waals surface area contributed by atoms with E-state index in [4.69, 9.17) is 0 Å². The Kier molecular flexibility index (Phi) is 3.83. The van der Waals surface area contributed by atoms with Crippen molar-refractivity contribution in [1.82, 2.24) is 19.9 Å². The van der Waals surface area contributed by atoms with Crippen molar-refractivity contribution < 1.29 is 0 Å². The highest BCUT2D eigenvalue weighted by molar-refractivity contribution is 5.79. The Morgan fingerprint density at radius 1 is 1.25 bits per heavy atom. The van der Waals surface area contributed by atoms with Crippen LogP contribution in [0.2, 0.25) is 0 Å². The Morgan fingerprint density at radius 2 is 2.15 bits per heavy atom. The van der Waals surface area contributed by atoms with Gasteiger partial charge in [-0.05, 0) is 37.4 Å². The van der Waals surface area contributed by atoms with Crippen LogP contribution in [0.4, 0.5) is 0 Å². The Morgan fingerprint density at radius 3 is 3.00 bits per heavy atom. The number of H-pyrrole nitrogens is 1. The lowest BCUT2D eigenvalue weighted by atomic mass is 10.2. The Labute approximate surface area is 118 Å². The Balaban J connectivity index is 1.46. The SMILES string of the molecule is Cc1ncc(CNCCCn2ccc3ccccc32)[nH]1. The largest absolute Gasteiger partial charge is 0.347 e. The van der Waals surface area contributed by atoms with Crippen molar-refractivity contribution in [2.75, 3.05) is 6.54 Å². The van der Waals surface area contributed by atoms with E-state index in [1.807, 2.05) is 13.1 Å². The van der Waals surface area contributed by atoms with Gasteiger partial charge in [0, 0.05) is 36.7 Å². The van der Waals surface area contributed by atoms with Gasteiger partial charge in [-0.25, -0.2) is 4.98 Å². The molecule has 3 rings (SSSR count). The van der Waals surface area contributed by atoms with Crippen LogP contribution in [0.15, 0.2) is 42.7 Å². The summed E-state index contributed by atoms with van der Waals surface area (Å²) >= 11 is 0. The van der Waals surface area contributed by atoms with E-state index in [0.29, 0.717) is 0 Å². The number of aromatic amines is 1. The van der Waals surface area contributed by atoms with Crippen molar-refractivity contribution in [3.63, 3.8) is 0 Å². The number of para-hydroxylation sites is 1. The third kappa shape index (κ3) is 2.91. The van der Waals surface area contributed by atoms with E-state index in [0.717, 1.165) is 37.6 Å². The van der Waals surface area contributed by atoms with Crippen molar-refractivity contribution in [1.29, 1.82) is 0 Å². The molecule has 3 aromatic rings. The van der Waals surface area contributed by atoms with E-state index in [2.05, 4.69) is 56.4 Å². The second-order valence-corrected chi connectivity index (χ2v) is 5.09. The van der Waals surface area contributed by atoms with Crippen LogP contribution in [-0.2, 0) is 13.1 Å². The molecule has 20 heavy (non-hydrogen) atoms. The molecule has 0 unspecified atom stereocenters. The first-order valence-corrected chi connectivity index (χ1v) is 7.08. The fourth-order valence-corrected chi connectivity index (χ4v) is 2.49. The van der Waals surface area contributed by atoms with Gasteiger partial charge in [-0.1, -0.05) is 18.2 Å².